The molecular weight excluding hydrogens is 278 g/mol. The first kappa shape index (κ1) is 12.8. The summed E-state index contributed by atoms with van der Waals surface area (Å²) in [5.74, 6) is 0.369. The standard InChI is InChI=1S/C18H13NO3/c20-15-10-11-22-18-16(15)13-8-4-5-9-14(13)17(21)19(18)12-6-2-1-3-7-12/h1-9H,10-11H2. The van der Waals surface area contributed by atoms with Crippen LogP contribution >= 0.6 is 0 Å². The summed E-state index contributed by atoms with van der Waals surface area (Å²) in [4.78, 5) is 25.3. The molecule has 0 saturated heterocycles. The number of benzene rings is 2. The summed E-state index contributed by atoms with van der Waals surface area (Å²) in [5, 5.41) is 1.20. The molecule has 0 atom stereocenters. The minimum atomic E-state index is -0.171. The molecular formula is C18H13NO3. The summed E-state index contributed by atoms with van der Waals surface area (Å²) in [5.41, 5.74) is 1.03. The highest BCUT2D eigenvalue weighted by molar-refractivity contribution is 6.10. The number of carbonyl (C=O) groups excluding carboxylic acids is 1. The lowest BCUT2D eigenvalue weighted by Crippen LogP contribution is -2.27. The molecule has 0 radical (unpaired) electrons. The Morgan fingerprint density at radius 2 is 1.55 bits per heavy atom. The molecule has 0 aliphatic carbocycles. The predicted molar refractivity (Wildman–Crippen MR) is 84.0 cm³/mol. The van der Waals surface area contributed by atoms with E-state index < -0.39 is 0 Å². The van der Waals surface area contributed by atoms with Crippen LogP contribution in [0.15, 0.2) is 59.4 Å². The van der Waals surface area contributed by atoms with Gasteiger partial charge in [0, 0.05) is 17.2 Å². The number of hydrogen-bond acceptors (Lipinski definition) is 3. The van der Waals surface area contributed by atoms with E-state index in [9.17, 15) is 9.59 Å². The van der Waals surface area contributed by atoms with Gasteiger partial charge >= 0.3 is 0 Å². The maximum Gasteiger partial charge on any atom is 0.265 e. The highest BCUT2D eigenvalue weighted by Crippen LogP contribution is 2.31. The molecule has 4 nitrogen and oxygen atoms in total. The number of ketones is 1. The van der Waals surface area contributed by atoms with Crippen molar-refractivity contribution in [2.75, 3.05) is 6.61 Å². The molecule has 4 heteroatoms. The lowest BCUT2D eigenvalue weighted by molar-refractivity contribution is 0.0929. The molecule has 2 aromatic carbocycles. The molecule has 2 heterocycles. The summed E-state index contributed by atoms with van der Waals surface area (Å²) in [7, 11) is 0. The second kappa shape index (κ2) is 4.84. The number of fused-ring (bicyclic) bond motifs is 3. The highest BCUT2D eigenvalue weighted by Gasteiger charge is 2.26. The van der Waals surface area contributed by atoms with Gasteiger partial charge in [0.15, 0.2) is 5.78 Å². The number of Topliss-reactive ketones (excluding diaryl/α,β-unsaturated/α-hetero) is 1. The fraction of sp³-hybridized carbons (Fsp3) is 0.111. The molecule has 0 unspecified atom stereocenters. The van der Waals surface area contributed by atoms with E-state index in [2.05, 4.69) is 0 Å². The van der Waals surface area contributed by atoms with Crippen molar-refractivity contribution in [2.45, 2.75) is 6.42 Å². The normalized spacial score (nSPS) is 13.7. The summed E-state index contributed by atoms with van der Waals surface area (Å²) in [6, 6.07) is 16.4. The van der Waals surface area contributed by atoms with Crippen LogP contribution in [0.1, 0.15) is 16.8 Å². The maximum absolute atomic E-state index is 12.9. The predicted octanol–water partition coefficient (Wildman–Crippen LogP) is 2.96. The zero-order chi connectivity index (χ0) is 15.1. The maximum atomic E-state index is 12.9. The average molecular weight is 291 g/mol. The number of pyridine rings is 1. The molecule has 1 aliphatic rings. The second-order valence-electron chi connectivity index (χ2n) is 5.22. The van der Waals surface area contributed by atoms with Crippen LogP contribution in [0.3, 0.4) is 0 Å². The van der Waals surface area contributed by atoms with Crippen molar-refractivity contribution in [3.05, 3.63) is 70.5 Å². The van der Waals surface area contributed by atoms with E-state index in [-0.39, 0.29) is 11.3 Å². The number of rotatable bonds is 1. The first-order chi connectivity index (χ1) is 10.8. The SMILES string of the molecule is O=C1CCOc2c1c1ccccc1c(=O)n2-c1ccccc1. The number of carbonyl (C=O) groups is 1. The number of hydrogen-bond donors (Lipinski definition) is 0. The Morgan fingerprint density at radius 1 is 0.864 bits per heavy atom. The number of ether oxygens (including phenoxy) is 1. The Hall–Kier alpha value is -2.88. The van der Waals surface area contributed by atoms with Crippen molar-refractivity contribution in [3.8, 4) is 11.6 Å². The van der Waals surface area contributed by atoms with Crippen molar-refractivity contribution in [1.82, 2.24) is 4.57 Å². The molecule has 0 fully saturated rings. The van der Waals surface area contributed by atoms with Crippen molar-refractivity contribution in [1.29, 1.82) is 0 Å². The fourth-order valence-electron chi connectivity index (χ4n) is 2.91. The van der Waals surface area contributed by atoms with E-state index in [1.165, 1.54) is 4.57 Å². The minimum absolute atomic E-state index is 0.0159. The van der Waals surface area contributed by atoms with Gasteiger partial charge < -0.3 is 4.74 Å². The zero-order valence-corrected chi connectivity index (χ0v) is 11.8. The summed E-state index contributed by atoms with van der Waals surface area (Å²) >= 11 is 0. The van der Waals surface area contributed by atoms with E-state index in [0.29, 0.717) is 40.9 Å². The van der Waals surface area contributed by atoms with E-state index in [1.54, 1.807) is 18.2 Å². The van der Waals surface area contributed by atoms with E-state index in [1.807, 2.05) is 36.4 Å². The van der Waals surface area contributed by atoms with E-state index >= 15 is 0 Å². The third-order valence-corrected chi connectivity index (χ3v) is 3.91. The monoisotopic (exact) mass is 291 g/mol. The van der Waals surface area contributed by atoms with Gasteiger partial charge in [-0.15, -0.1) is 0 Å². The Morgan fingerprint density at radius 3 is 2.32 bits per heavy atom. The van der Waals surface area contributed by atoms with E-state index in [4.69, 9.17) is 4.74 Å². The van der Waals surface area contributed by atoms with Gasteiger partial charge in [0.05, 0.1) is 17.9 Å². The first-order valence-corrected chi connectivity index (χ1v) is 7.16. The van der Waals surface area contributed by atoms with Gasteiger partial charge in [-0.3, -0.25) is 9.59 Å². The third-order valence-electron chi connectivity index (χ3n) is 3.91. The van der Waals surface area contributed by atoms with Gasteiger partial charge in [-0.2, -0.15) is 0 Å². The fourth-order valence-corrected chi connectivity index (χ4v) is 2.91. The molecule has 1 aromatic heterocycles. The third kappa shape index (κ3) is 1.77. The molecule has 0 bridgehead atoms. The molecule has 0 saturated carbocycles. The molecule has 22 heavy (non-hydrogen) atoms. The number of nitrogens with zero attached hydrogens (tertiary/aromatic N) is 1. The van der Waals surface area contributed by atoms with E-state index in [0.717, 1.165) is 0 Å². The highest BCUT2D eigenvalue weighted by atomic mass is 16.5. The largest absolute Gasteiger partial charge is 0.478 e. The second-order valence-corrected chi connectivity index (χ2v) is 5.22. The Labute approximate surface area is 126 Å². The van der Waals surface area contributed by atoms with Crippen molar-refractivity contribution in [2.24, 2.45) is 0 Å². The van der Waals surface area contributed by atoms with Crippen LogP contribution in [0.2, 0.25) is 0 Å². The van der Waals surface area contributed by atoms with Crippen LogP contribution in [0, 0.1) is 0 Å². The molecule has 0 N–H and O–H groups in total. The van der Waals surface area contributed by atoms with Crippen LogP contribution in [-0.2, 0) is 0 Å². The van der Waals surface area contributed by atoms with Crippen LogP contribution < -0.4 is 10.3 Å². The van der Waals surface area contributed by atoms with Gasteiger partial charge in [-0.25, -0.2) is 4.57 Å². The lowest BCUT2D eigenvalue weighted by atomic mass is 10.00. The van der Waals surface area contributed by atoms with Gasteiger partial charge in [0.25, 0.3) is 5.56 Å². The quantitative estimate of drug-likeness (QED) is 0.692. The van der Waals surface area contributed by atoms with Crippen LogP contribution in [-0.4, -0.2) is 17.0 Å². The summed E-state index contributed by atoms with van der Waals surface area (Å²) in [6.45, 7) is 0.302. The van der Waals surface area contributed by atoms with Crippen LogP contribution in [0.25, 0.3) is 16.5 Å². The van der Waals surface area contributed by atoms with Crippen molar-refractivity contribution < 1.29 is 9.53 Å². The first-order valence-electron chi connectivity index (χ1n) is 7.16. The molecule has 0 spiro atoms. The molecule has 3 aromatic rings. The average Bonchev–Trinajstić information content (AvgIpc) is 2.56. The van der Waals surface area contributed by atoms with Gasteiger partial charge in [-0.05, 0) is 18.2 Å². The summed E-state index contributed by atoms with van der Waals surface area (Å²) in [6.07, 6.45) is 0.337. The van der Waals surface area contributed by atoms with Gasteiger partial charge in [0.1, 0.15) is 0 Å². The zero-order valence-electron chi connectivity index (χ0n) is 11.8. The van der Waals surface area contributed by atoms with Crippen LogP contribution in [0.5, 0.6) is 5.88 Å². The van der Waals surface area contributed by atoms with Crippen molar-refractivity contribution >= 4 is 16.6 Å². The Bertz CT molecular complexity index is 942. The van der Waals surface area contributed by atoms with Gasteiger partial charge in [0.2, 0.25) is 5.88 Å². The Balaban J connectivity index is 2.20. The van der Waals surface area contributed by atoms with Crippen LogP contribution in [0.4, 0.5) is 0 Å². The molecule has 0 amide bonds. The van der Waals surface area contributed by atoms with Gasteiger partial charge in [-0.1, -0.05) is 36.4 Å². The Kier molecular flexibility index (Phi) is 2.82. The smallest absolute Gasteiger partial charge is 0.265 e. The summed E-state index contributed by atoms with van der Waals surface area (Å²) < 4.78 is 7.21. The minimum Gasteiger partial charge on any atom is -0.478 e. The molecule has 1 aliphatic heterocycles. The van der Waals surface area contributed by atoms with Crippen molar-refractivity contribution in [3.63, 3.8) is 0 Å². The molecule has 4 rings (SSSR count). The number of aromatic nitrogens is 1. The topological polar surface area (TPSA) is 48.3 Å². The molecule has 108 valence electrons. The number of para-hydroxylation sites is 1. The lowest BCUT2D eigenvalue weighted by Gasteiger charge is -2.22.